The number of hydrogen-bond donors (Lipinski definition) is 1. The third-order valence-corrected chi connectivity index (χ3v) is 3.76. The number of fused-ring (bicyclic) bond motifs is 1. The van der Waals surface area contributed by atoms with Crippen molar-refractivity contribution in [2.75, 3.05) is 7.11 Å². The van der Waals surface area contributed by atoms with Crippen molar-refractivity contribution in [3.05, 3.63) is 29.6 Å². The van der Waals surface area contributed by atoms with E-state index in [1.807, 2.05) is 0 Å². The molecule has 0 saturated heterocycles. The molecule has 3 nitrogen and oxygen atoms in total. The smallest absolute Gasteiger partial charge is 0.126 e. The molecule has 1 aliphatic carbocycles. The zero-order valence-corrected chi connectivity index (χ0v) is 9.65. The van der Waals surface area contributed by atoms with E-state index in [0.717, 1.165) is 12.8 Å². The number of hydrogen-bond acceptors (Lipinski definition) is 3. The Bertz CT molecular complexity index is 440. The van der Waals surface area contributed by atoms with Crippen molar-refractivity contribution in [1.82, 2.24) is 0 Å². The van der Waals surface area contributed by atoms with E-state index in [9.17, 15) is 9.50 Å². The first kappa shape index (κ1) is 11.0. The summed E-state index contributed by atoms with van der Waals surface area (Å²) < 4.78 is 24.2. The number of benzene rings is 1. The standard InChI is InChI=1S/C13H15FO3/c1-16-9-5-13(6-9)7-11(15)10-4-8(14)2-3-12(10)17-13/h2-4,9,11,15H,5-7H2,1H3. The van der Waals surface area contributed by atoms with Crippen molar-refractivity contribution in [2.45, 2.75) is 37.1 Å². The fourth-order valence-corrected chi connectivity index (χ4v) is 2.80. The van der Waals surface area contributed by atoms with Gasteiger partial charge < -0.3 is 14.6 Å². The number of rotatable bonds is 1. The molecule has 1 aliphatic heterocycles. The molecule has 1 spiro atoms. The first-order valence-electron chi connectivity index (χ1n) is 5.81. The Morgan fingerprint density at radius 3 is 2.88 bits per heavy atom. The molecule has 17 heavy (non-hydrogen) atoms. The van der Waals surface area contributed by atoms with E-state index in [1.54, 1.807) is 13.2 Å². The molecule has 0 radical (unpaired) electrons. The molecule has 1 fully saturated rings. The van der Waals surface area contributed by atoms with Gasteiger partial charge in [0.05, 0.1) is 12.2 Å². The molecule has 0 bridgehead atoms. The highest BCUT2D eigenvalue weighted by Crippen LogP contribution is 2.49. The van der Waals surface area contributed by atoms with Crippen molar-refractivity contribution in [3.63, 3.8) is 0 Å². The first-order valence-corrected chi connectivity index (χ1v) is 5.81. The topological polar surface area (TPSA) is 38.7 Å². The molecule has 1 aromatic rings. The maximum absolute atomic E-state index is 13.1. The minimum Gasteiger partial charge on any atom is -0.487 e. The fourth-order valence-electron chi connectivity index (χ4n) is 2.80. The largest absolute Gasteiger partial charge is 0.487 e. The Balaban J connectivity index is 1.87. The van der Waals surface area contributed by atoms with Crippen molar-refractivity contribution in [2.24, 2.45) is 0 Å². The Hall–Kier alpha value is -1.13. The van der Waals surface area contributed by atoms with E-state index in [2.05, 4.69) is 0 Å². The number of aliphatic hydroxyl groups excluding tert-OH is 1. The van der Waals surface area contributed by atoms with Crippen LogP contribution in [0.2, 0.25) is 0 Å². The van der Waals surface area contributed by atoms with Gasteiger partial charge in [-0.25, -0.2) is 4.39 Å². The molecule has 1 unspecified atom stereocenters. The summed E-state index contributed by atoms with van der Waals surface area (Å²) in [5, 5.41) is 10.1. The molecule has 1 N–H and O–H groups in total. The van der Waals surface area contributed by atoms with Crippen LogP contribution in [-0.2, 0) is 4.74 Å². The molecule has 92 valence electrons. The minimum atomic E-state index is -0.646. The molecular formula is C13H15FO3. The van der Waals surface area contributed by atoms with Crippen molar-refractivity contribution < 1.29 is 19.0 Å². The zero-order chi connectivity index (χ0) is 12.0. The normalized spacial score (nSPS) is 35.0. The fraction of sp³-hybridized carbons (Fsp3) is 0.538. The summed E-state index contributed by atoms with van der Waals surface area (Å²) in [5.41, 5.74) is 0.238. The molecular weight excluding hydrogens is 223 g/mol. The summed E-state index contributed by atoms with van der Waals surface area (Å²) in [5.74, 6) is 0.255. The van der Waals surface area contributed by atoms with E-state index in [-0.39, 0.29) is 17.5 Å². The van der Waals surface area contributed by atoms with Gasteiger partial charge in [0.15, 0.2) is 0 Å². The minimum absolute atomic E-state index is 0.212. The summed E-state index contributed by atoms with van der Waals surface area (Å²) >= 11 is 0. The van der Waals surface area contributed by atoms with Gasteiger partial charge in [-0.3, -0.25) is 0 Å². The SMILES string of the molecule is COC1CC2(C1)CC(O)c1cc(F)ccc1O2. The van der Waals surface area contributed by atoms with Gasteiger partial charge >= 0.3 is 0 Å². The van der Waals surface area contributed by atoms with Crippen LogP contribution in [0.1, 0.15) is 30.9 Å². The maximum atomic E-state index is 13.1. The number of halogens is 1. The second-order valence-electron chi connectivity index (χ2n) is 4.95. The van der Waals surface area contributed by atoms with Crippen molar-refractivity contribution in [1.29, 1.82) is 0 Å². The Morgan fingerprint density at radius 1 is 1.41 bits per heavy atom. The molecule has 1 atom stereocenters. The van der Waals surface area contributed by atoms with Crippen molar-refractivity contribution >= 4 is 0 Å². The van der Waals surface area contributed by atoms with E-state index in [0.29, 0.717) is 17.7 Å². The van der Waals surface area contributed by atoms with E-state index < -0.39 is 6.10 Å². The lowest BCUT2D eigenvalue weighted by Crippen LogP contribution is -2.54. The van der Waals surface area contributed by atoms with E-state index >= 15 is 0 Å². The van der Waals surface area contributed by atoms with Gasteiger partial charge in [-0.1, -0.05) is 0 Å². The van der Waals surface area contributed by atoms with Gasteiger partial charge in [-0.2, -0.15) is 0 Å². The molecule has 1 heterocycles. The van der Waals surface area contributed by atoms with Gasteiger partial charge in [-0.05, 0) is 18.2 Å². The summed E-state index contributed by atoms with van der Waals surface area (Å²) in [4.78, 5) is 0. The highest BCUT2D eigenvalue weighted by atomic mass is 19.1. The van der Waals surface area contributed by atoms with Gasteiger partial charge in [0.1, 0.15) is 17.2 Å². The van der Waals surface area contributed by atoms with Gasteiger partial charge in [-0.15, -0.1) is 0 Å². The van der Waals surface area contributed by atoms with Crippen LogP contribution in [-0.4, -0.2) is 23.9 Å². The Kier molecular flexibility index (Phi) is 2.38. The van der Waals surface area contributed by atoms with Gasteiger partial charge in [0, 0.05) is 31.9 Å². The second kappa shape index (κ2) is 3.68. The number of aliphatic hydroxyl groups is 1. The zero-order valence-electron chi connectivity index (χ0n) is 9.65. The van der Waals surface area contributed by atoms with Crippen LogP contribution >= 0.6 is 0 Å². The van der Waals surface area contributed by atoms with Crippen LogP contribution in [0.4, 0.5) is 4.39 Å². The summed E-state index contributed by atoms with van der Waals surface area (Å²) in [6.45, 7) is 0. The lowest BCUT2D eigenvalue weighted by Gasteiger charge is -2.50. The summed E-state index contributed by atoms with van der Waals surface area (Å²) in [6.07, 6.45) is 1.66. The Labute approximate surface area is 99.2 Å². The Morgan fingerprint density at radius 2 is 2.18 bits per heavy atom. The molecule has 3 rings (SSSR count). The molecule has 1 saturated carbocycles. The molecule has 0 amide bonds. The lowest BCUT2D eigenvalue weighted by molar-refractivity contribution is -0.139. The highest BCUT2D eigenvalue weighted by Gasteiger charge is 2.50. The van der Waals surface area contributed by atoms with Crippen LogP contribution in [0.3, 0.4) is 0 Å². The average Bonchev–Trinajstić information content (AvgIpc) is 2.26. The average molecular weight is 238 g/mol. The van der Waals surface area contributed by atoms with Gasteiger partial charge in [0.25, 0.3) is 0 Å². The highest BCUT2D eigenvalue weighted by molar-refractivity contribution is 5.39. The van der Waals surface area contributed by atoms with Crippen LogP contribution in [0.5, 0.6) is 5.75 Å². The quantitative estimate of drug-likeness (QED) is 0.815. The second-order valence-corrected chi connectivity index (χ2v) is 4.95. The monoisotopic (exact) mass is 238 g/mol. The van der Waals surface area contributed by atoms with Crippen LogP contribution < -0.4 is 4.74 Å². The predicted molar refractivity (Wildman–Crippen MR) is 59.4 cm³/mol. The van der Waals surface area contributed by atoms with Crippen LogP contribution in [0.25, 0.3) is 0 Å². The molecule has 1 aromatic carbocycles. The third-order valence-electron chi connectivity index (χ3n) is 3.76. The van der Waals surface area contributed by atoms with E-state index in [4.69, 9.17) is 9.47 Å². The number of methoxy groups -OCH3 is 1. The first-order chi connectivity index (χ1) is 8.12. The van der Waals surface area contributed by atoms with Crippen molar-refractivity contribution in [3.8, 4) is 5.75 Å². The molecule has 2 aliphatic rings. The van der Waals surface area contributed by atoms with E-state index in [1.165, 1.54) is 12.1 Å². The lowest BCUT2D eigenvalue weighted by atomic mass is 9.71. The predicted octanol–water partition coefficient (Wildman–Crippen LogP) is 2.19. The maximum Gasteiger partial charge on any atom is 0.126 e. The molecule has 0 aromatic heterocycles. The third kappa shape index (κ3) is 1.72. The summed E-state index contributed by atoms with van der Waals surface area (Å²) in [7, 11) is 1.68. The van der Waals surface area contributed by atoms with Gasteiger partial charge in [0.2, 0.25) is 0 Å². The van der Waals surface area contributed by atoms with Crippen LogP contribution in [0, 0.1) is 5.82 Å². The summed E-state index contributed by atoms with van der Waals surface area (Å²) in [6, 6.07) is 4.30. The van der Waals surface area contributed by atoms with Crippen LogP contribution in [0.15, 0.2) is 18.2 Å². The number of ether oxygens (including phenoxy) is 2. The molecule has 4 heteroatoms.